The van der Waals surface area contributed by atoms with Crippen LogP contribution >= 0.6 is 0 Å². The fourth-order valence-corrected chi connectivity index (χ4v) is 2.77. The molecule has 0 aliphatic heterocycles. The highest BCUT2D eigenvalue weighted by Gasteiger charge is 2.25. The number of hydrogen-bond acceptors (Lipinski definition) is 2. The molecule has 2 aromatic rings. The summed E-state index contributed by atoms with van der Waals surface area (Å²) in [6.07, 6.45) is 1.83. The minimum atomic E-state index is 0.410. The zero-order valence-electron chi connectivity index (χ0n) is 10.1. The summed E-state index contributed by atoms with van der Waals surface area (Å²) in [6, 6.07) is 18.8. The standard InChI is InChI=1S/C16H15NO/c18-17-16-11-10-13(12-6-2-1-3-7-12)14-8-4-5-9-15(14)16/h1-9,13,18H,10-11H2/b17-16-/t13-/m1/s1. The molecule has 90 valence electrons. The monoisotopic (exact) mass is 237 g/mol. The predicted octanol–water partition coefficient (Wildman–Crippen LogP) is 3.79. The van der Waals surface area contributed by atoms with Gasteiger partial charge in [-0.25, -0.2) is 0 Å². The third kappa shape index (κ3) is 1.80. The molecule has 2 aromatic carbocycles. The molecule has 1 aliphatic rings. The fraction of sp³-hybridized carbons (Fsp3) is 0.188. The number of hydrogen-bond donors (Lipinski definition) is 1. The van der Waals surface area contributed by atoms with E-state index in [-0.39, 0.29) is 0 Å². The van der Waals surface area contributed by atoms with Gasteiger partial charge in [0.25, 0.3) is 0 Å². The number of fused-ring (bicyclic) bond motifs is 1. The largest absolute Gasteiger partial charge is 0.411 e. The summed E-state index contributed by atoms with van der Waals surface area (Å²) in [5, 5.41) is 12.5. The number of benzene rings is 2. The van der Waals surface area contributed by atoms with Crippen LogP contribution in [0.1, 0.15) is 35.4 Å². The topological polar surface area (TPSA) is 32.6 Å². The Morgan fingerprint density at radius 2 is 1.67 bits per heavy atom. The molecule has 18 heavy (non-hydrogen) atoms. The Morgan fingerprint density at radius 1 is 0.944 bits per heavy atom. The van der Waals surface area contributed by atoms with Crippen molar-refractivity contribution in [3.05, 3.63) is 71.3 Å². The Balaban J connectivity index is 2.10. The van der Waals surface area contributed by atoms with E-state index < -0.39 is 0 Å². The van der Waals surface area contributed by atoms with Gasteiger partial charge >= 0.3 is 0 Å². The second-order valence-corrected chi connectivity index (χ2v) is 4.64. The molecule has 1 aliphatic carbocycles. The van der Waals surface area contributed by atoms with Gasteiger partial charge in [-0.15, -0.1) is 0 Å². The predicted molar refractivity (Wildman–Crippen MR) is 72.3 cm³/mol. The Bertz CT molecular complexity index is 575. The van der Waals surface area contributed by atoms with Crippen LogP contribution in [0.25, 0.3) is 0 Å². The van der Waals surface area contributed by atoms with Crippen molar-refractivity contribution in [2.75, 3.05) is 0 Å². The van der Waals surface area contributed by atoms with Crippen molar-refractivity contribution in [3.8, 4) is 0 Å². The van der Waals surface area contributed by atoms with Gasteiger partial charge in [0.1, 0.15) is 0 Å². The van der Waals surface area contributed by atoms with Crippen molar-refractivity contribution in [2.45, 2.75) is 18.8 Å². The van der Waals surface area contributed by atoms with Crippen LogP contribution in [0, 0.1) is 0 Å². The molecule has 0 unspecified atom stereocenters. The molecule has 0 saturated heterocycles. The molecule has 0 radical (unpaired) electrons. The Kier molecular flexibility index (Phi) is 2.85. The highest BCUT2D eigenvalue weighted by Crippen LogP contribution is 2.36. The summed E-state index contributed by atoms with van der Waals surface area (Å²) in [7, 11) is 0. The first kappa shape index (κ1) is 11.0. The maximum Gasteiger partial charge on any atom is 0.0871 e. The summed E-state index contributed by atoms with van der Waals surface area (Å²) in [6.45, 7) is 0. The average Bonchev–Trinajstić information content (AvgIpc) is 2.47. The van der Waals surface area contributed by atoms with Crippen LogP contribution in [-0.4, -0.2) is 10.9 Å². The van der Waals surface area contributed by atoms with Crippen LogP contribution in [0.2, 0.25) is 0 Å². The van der Waals surface area contributed by atoms with E-state index in [1.54, 1.807) is 0 Å². The van der Waals surface area contributed by atoms with Crippen molar-refractivity contribution in [2.24, 2.45) is 5.16 Å². The van der Waals surface area contributed by atoms with Crippen molar-refractivity contribution < 1.29 is 5.21 Å². The van der Waals surface area contributed by atoms with Gasteiger partial charge in [0.05, 0.1) is 5.71 Å². The first-order chi connectivity index (χ1) is 8.90. The van der Waals surface area contributed by atoms with Crippen LogP contribution < -0.4 is 0 Å². The fourth-order valence-electron chi connectivity index (χ4n) is 2.77. The molecule has 2 nitrogen and oxygen atoms in total. The molecular formula is C16H15NO. The van der Waals surface area contributed by atoms with E-state index in [1.807, 2.05) is 18.2 Å². The molecule has 1 N–H and O–H groups in total. The normalized spacial score (nSPS) is 20.7. The minimum absolute atomic E-state index is 0.410. The summed E-state index contributed by atoms with van der Waals surface area (Å²) in [4.78, 5) is 0. The lowest BCUT2D eigenvalue weighted by atomic mass is 9.78. The van der Waals surface area contributed by atoms with Crippen LogP contribution in [0.15, 0.2) is 59.8 Å². The van der Waals surface area contributed by atoms with Gasteiger partial charge in [0, 0.05) is 11.5 Å². The zero-order chi connectivity index (χ0) is 12.4. The van der Waals surface area contributed by atoms with E-state index in [1.165, 1.54) is 11.1 Å². The number of rotatable bonds is 1. The molecule has 0 spiro atoms. The highest BCUT2D eigenvalue weighted by molar-refractivity contribution is 6.02. The minimum Gasteiger partial charge on any atom is -0.411 e. The molecule has 0 aromatic heterocycles. The lowest BCUT2D eigenvalue weighted by Gasteiger charge is -2.26. The van der Waals surface area contributed by atoms with E-state index in [4.69, 9.17) is 5.21 Å². The Morgan fingerprint density at radius 3 is 2.44 bits per heavy atom. The first-order valence-electron chi connectivity index (χ1n) is 6.25. The van der Waals surface area contributed by atoms with Gasteiger partial charge < -0.3 is 5.21 Å². The van der Waals surface area contributed by atoms with Crippen molar-refractivity contribution in [3.63, 3.8) is 0 Å². The maximum atomic E-state index is 9.08. The molecule has 3 rings (SSSR count). The summed E-state index contributed by atoms with van der Waals surface area (Å²) >= 11 is 0. The second-order valence-electron chi connectivity index (χ2n) is 4.64. The van der Waals surface area contributed by atoms with Gasteiger partial charge in [0.2, 0.25) is 0 Å². The SMILES string of the molecule is O/N=C1/CC[C@H](c2ccccc2)c2ccccc21. The van der Waals surface area contributed by atoms with Gasteiger partial charge in [-0.2, -0.15) is 0 Å². The third-order valence-corrected chi connectivity index (χ3v) is 3.64. The van der Waals surface area contributed by atoms with Gasteiger partial charge in [-0.3, -0.25) is 0 Å². The van der Waals surface area contributed by atoms with Crippen LogP contribution in [0.5, 0.6) is 0 Å². The van der Waals surface area contributed by atoms with Gasteiger partial charge in [-0.1, -0.05) is 59.8 Å². The summed E-state index contributed by atoms with van der Waals surface area (Å²) in [5.74, 6) is 0.410. The third-order valence-electron chi connectivity index (χ3n) is 3.64. The quantitative estimate of drug-likeness (QED) is 0.594. The van der Waals surface area contributed by atoms with E-state index in [2.05, 4.69) is 41.6 Å². The summed E-state index contributed by atoms with van der Waals surface area (Å²) < 4.78 is 0. The van der Waals surface area contributed by atoms with Crippen LogP contribution in [0.4, 0.5) is 0 Å². The second kappa shape index (κ2) is 4.65. The van der Waals surface area contributed by atoms with E-state index in [9.17, 15) is 0 Å². The first-order valence-corrected chi connectivity index (χ1v) is 6.25. The number of oxime groups is 1. The highest BCUT2D eigenvalue weighted by atomic mass is 16.4. The molecule has 0 bridgehead atoms. The zero-order valence-corrected chi connectivity index (χ0v) is 10.1. The average molecular weight is 237 g/mol. The van der Waals surface area contributed by atoms with Crippen LogP contribution in [-0.2, 0) is 0 Å². The van der Waals surface area contributed by atoms with Crippen molar-refractivity contribution in [1.82, 2.24) is 0 Å². The molecule has 2 heteroatoms. The smallest absolute Gasteiger partial charge is 0.0871 e. The van der Waals surface area contributed by atoms with Crippen LogP contribution in [0.3, 0.4) is 0 Å². The van der Waals surface area contributed by atoms with E-state index >= 15 is 0 Å². The van der Waals surface area contributed by atoms with E-state index in [0.717, 1.165) is 24.1 Å². The van der Waals surface area contributed by atoms with E-state index in [0.29, 0.717) is 5.92 Å². The van der Waals surface area contributed by atoms with Gasteiger partial charge in [-0.05, 0) is 24.0 Å². The van der Waals surface area contributed by atoms with Crippen molar-refractivity contribution in [1.29, 1.82) is 0 Å². The molecule has 1 atom stereocenters. The molecule has 0 amide bonds. The lowest BCUT2D eigenvalue weighted by molar-refractivity contribution is 0.317. The molecule has 0 fully saturated rings. The lowest BCUT2D eigenvalue weighted by Crippen LogP contribution is -2.17. The van der Waals surface area contributed by atoms with Crippen molar-refractivity contribution >= 4 is 5.71 Å². The number of nitrogens with zero attached hydrogens (tertiary/aromatic N) is 1. The Hall–Kier alpha value is -2.09. The molecule has 0 heterocycles. The summed E-state index contributed by atoms with van der Waals surface area (Å²) in [5.41, 5.74) is 4.49. The molecular weight excluding hydrogens is 222 g/mol. The maximum absolute atomic E-state index is 9.08. The Labute approximate surface area is 107 Å². The molecule has 0 saturated carbocycles. The van der Waals surface area contributed by atoms with Gasteiger partial charge in [0.15, 0.2) is 0 Å².